The molecule has 4 aromatic rings. The van der Waals surface area contributed by atoms with E-state index in [-0.39, 0.29) is 6.03 Å². The molecule has 0 atom stereocenters. The lowest BCUT2D eigenvalue weighted by molar-refractivity contribution is 0.240. The van der Waals surface area contributed by atoms with Crippen LogP contribution in [0.25, 0.3) is 17.0 Å². The van der Waals surface area contributed by atoms with Crippen LogP contribution < -0.4 is 5.32 Å². The van der Waals surface area contributed by atoms with E-state index in [1.807, 2.05) is 36.4 Å². The highest BCUT2D eigenvalue weighted by atomic mass is 35.5. The lowest BCUT2D eigenvalue weighted by atomic mass is 10.0. The third kappa shape index (κ3) is 5.41. The zero-order valence-electron chi connectivity index (χ0n) is 20.3. The summed E-state index contributed by atoms with van der Waals surface area (Å²) in [5.41, 5.74) is 5.58. The van der Waals surface area contributed by atoms with E-state index in [0.717, 1.165) is 39.8 Å². The zero-order valence-corrected chi connectivity index (χ0v) is 21.8. The van der Waals surface area contributed by atoms with Crippen LogP contribution >= 0.6 is 23.2 Å². The van der Waals surface area contributed by atoms with Crippen molar-refractivity contribution in [3.63, 3.8) is 0 Å². The summed E-state index contributed by atoms with van der Waals surface area (Å²) in [7, 11) is 0. The highest BCUT2D eigenvalue weighted by Gasteiger charge is 2.26. The Hall–Kier alpha value is -4.14. The SMILES string of the molecule is N#Cc1cc(Cl)cc(/C=C/CN2CCc3c(c4cc(C#N)ccc4n3C(=O)NCc3ccnc(Cl)c3)C2)c1. The molecule has 0 bridgehead atoms. The normalized spacial score (nSPS) is 13.3. The van der Waals surface area contributed by atoms with Gasteiger partial charge in [-0.15, -0.1) is 0 Å². The van der Waals surface area contributed by atoms with Crippen LogP contribution in [-0.2, 0) is 19.5 Å². The molecular formula is C29H22Cl2N6O. The molecule has 0 unspecified atom stereocenters. The maximum absolute atomic E-state index is 13.4. The Kier molecular flexibility index (Phi) is 7.44. The number of amides is 1. The lowest BCUT2D eigenvalue weighted by Gasteiger charge is -2.27. The molecule has 2 aromatic heterocycles. The van der Waals surface area contributed by atoms with Gasteiger partial charge in [0.25, 0.3) is 0 Å². The van der Waals surface area contributed by atoms with E-state index in [1.165, 1.54) is 0 Å². The number of rotatable bonds is 5. The van der Waals surface area contributed by atoms with Gasteiger partial charge in [-0.2, -0.15) is 10.5 Å². The Bertz CT molecular complexity index is 1660. The van der Waals surface area contributed by atoms with Gasteiger partial charge in [0.05, 0.1) is 28.8 Å². The lowest BCUT2D eigenvalue weighted by Crippen LogP contribution is -2.34. The molecule has 0 saturated heterocycles. The standard InChI is InChI=1S/C29H22Cl2N6O/c30-23-11-19(10-22(12-23)16-33)2-1-8-36-9-6-27-25(18-36)24-13-20(15-32)3-4-26(24)37(27)29(38)35-17-21-5-7-34-28(31)14-21/h1-5,7,10-14H,6,8-9,17-18H2,(H,35,38)/b2-1+. The van der Waals surface area contributed by atoms with E-state index in [0.29, 0.717) is 47.4 Å². The summed E-state index contributed by atoms with van der Waals surface area (Å²) >= 11 is 12.1. The fourth-order valence-corrected chi connectivity index (χ4v) is 5.23. The van der Waals surface area contributed by atoms with Gasteiger partial charge in [0, 0.05) is 54.9 Å². The van der Waals surface area contributed by atoms with Crippen LogP contribution in [-0.4, -0.2) is 33.6 Å². The van der Waals surface area contributed by atoms with Gasteiger partial charge >= 0.3 is 6.03 Å². The Morgan fingerprint density at radius 1 is 1.08 bits per heavy atom. The second kappa shape index (κ2) is 11.1. The van der Waals surface area contributed by atoms with Crippen molar-refractivity contribution in [2.75, 3.05) is 13.1 Å². The van der Waals surface area contributed by atoms with Crippen molar-refractivity contribution >= 4 is 46.2 Å². The summed E-state index contributed by atoms with van der Waals surface area (Å²) in [6.07, 6.45) is 6.30. The molecule has 0 aliphatic carbocycles. The number of nitriles is 2. The van der Waals surface area contributed by atoms with Gasteiger partial charge in [0.2, 0.25) is 0 Å². The summed E-state index contributed by atoms with van der Waals surface area (Å²) in [6.45, 7) is 2.42. The number of fused-ring (bicyclic) bond motifs is 3. The van der Waals surface area contributed by atoms with Gasteiger partial charge in [0.1, 0.15) is 5.15 Å². The van der Waals surface area contributed by atoms with Gasteiger partial charge in [-0.3, -0.25) is 9.47 Å². The van der Waals surface area contributed by atoms with Crippen molar-refractivity contribution in [2.45, 2.75) is 19.5 Å². The number of carbonyl (C=O) groups is 1. The van der Waals surface area contributed by atoms with Crippen LogP contribution in [0.1, 0.15) is 33.5 Å². The average molecular weight is 541 g/mol. The summed E-state index contributed by atoms with van der Waals surface area (Å²) in [5, 5.41) is 23.5. The Morgan fingerprint density at radius 2 is 1.92 bits per heavy atom. The van der Waals surface area contributed by atoms with Crippen molar-refractivity contribution in [1.29, 1.82) is 10.5 Å². The summed E-state index contributed by atoms with van der Waals surface area (Å²) < 4.78 is 1.73. The van der Waals surface area contributed by atoms with Crippen molar-refractivity contribution in [3.8, 4) is 12.1 Å². The van der Waals surface area contributed by atoms with E-state index >= 15 is 0 Å². The highest BCUT2D eigenvalue weighted by molar-refractivity contribution is 6.30. The minimum Gasteiger partial charge on any atom is -0.333 e. The van der Waals surface area contributed by atoms with Crippen LogP contribution in [0.5, 0.6) is 0 Å². The Morgan fingerprint density at radius 3 is 2.71 bits per heavy atom. The van der Waals surface area contributed by atoms with E-state index < -0.39 is 0 Å². The first-order valence-electron chi connectivity index (χ1n) is 12.0. The number of hydrogen-bond donors (Lipinski definition) is 1. The fourth-order valence-electron chi connectivity index (χ4n) is 4.79. The molecule has 1 aliphatic heterocycles. The third-order valence-electron chi connectivity index (χ3n) is 6.52. The van der Waals surface area contributed by atoms with Crippen LogP contribution in [0.2, 0.25) is 10.2 Å². The monoisotopic (exact) mass is 540 g/mol. The van der Waals surface area contributed by atoms with Gasteiger partial charge in [0.15, 0.2) is 0 Å². The predicted octanol–water partition coefficient (Wildman–Crippen LogP) is 5.92. The van der Waals surface area contributed by atoms with Crippen LogP contribution in [0, 0.1) is 22.7 Å². The third-order valence-corrected chi connectivity index (χ3v) is 6.94. The quantitative estimate of drug-likeness (QED) is 0.317. The molecule has 5 rings (SSSR count). The molecule has 0 spiro atoms. The van der Waals surface area contributed by atoms with Crippen LogP contribution in [0.15, 0.2) is 60.8 Å². The molecule has 7 nitrogen and oxygen atoms in total. The molecule has 38 heavy (non-hydrogen) atoms. The number of aromatic nitrogens is 2. The molecule has 3 heterocycles. The number of pyridine rings is 1. The van der Waals surface area contributed by atoms with E-state index in [1.54, 1.807) is 35.0 Å². The van der Waals surface area contributed by atoms with Gasteiger partial charge in [-0.1, -0.05) is 35.4 Å². The highest BCUT2D eigenvalue weighted by Crippen LogP contribution is 2.32. The first-order chi connectivity index (χ1) is 18.4. The molecule has 1 amide bonds. The van der Waals surface area contributed by atoms with Crippen LogP contribution in [0.4, 0.5) is 4.79 Å². The number of hydrogen-bond acceptors (Lipinski definition) is 5. The fraction of sp³-hybridized carbons (Fsp3) is 0.172. The molecule has 188 valence electrons. The van der Waals surface area contributed by atoms with Gasteiger partial charge in [-0.05, 0) is 65.2 Å². The molecular weight excluding hydrogens is 519 g/mol. The minimum atomic E-state index is -0.225. The average Bonchev–Trinajstić information content (AvgIpc) is 3.24. The molecule has 1 N–H and O–H groups in total. The molecule has 2 aromatic carbocycles. The van der Waals surface area contributed by atoms with Gasteiger partial charge < -0.3 is 5.32 Å². The molecule has 9 heteroatoms. The maximum Gasteiger partial charge on any atom is 0.326 e. The predicted molar refractivity (Wildman–Crippen MR) is 148 cm³/mol. The zero-order chi connectivity index (χ0) is 26.6. The number of carbonyl (C=O) groups excluding carboxylic acids is 1. The number of nitrogens with one attached hydrogen (secondary N) is 1. The summed E-state index contributed by atoms with van der Waals surface area (Å²) in [4.78, 5) is 19.6. The van der Waals surface area contributed by atoms with Crippen molar-refractivity contribution in [2.24, 2.45) is 0 Å². The molecule has 0 saturated carbocycles. The summed E-state index contributed by atoms with van der Waals surface area (Å²) in [5.74, 6) is 0. The van der Waals surface area contributed by atoms with Crippen molar-refractivity contribution in [3.05, 3.63) is 104 Å². The minimum absolute atomic E-state index is 0.225. The van der Waals surface area contributed by atoms with E-state index in [2.05, 4.69) is 27.3 Å². The van der Waals surface area contributed by atoms with Crippen molar-refractivity contribution < 1.29 is 4.79 Å². The van der Waals surface area contributed by atoms with E-state index in [4.69, 9.17) is 23.2 Å². The second-order valence-electron chi connectivity index (χ2n) is 9.02. The maximum atomic E-state index is 13.4. The second-order valence-corrected chi connectivity index (χ2v) is 9.85. The first kappa shape index (κ1) is 25.5. The van der Waals surface area contributed by atoms with Gasteiger partial charge in [-0.25, -0.2) is 9.78 Å². The molecule has 0 radical (unpaired) electrons. The number of halogens is 2. The molecule has 0 fully saturated rings. The van der Waals surface area contributed by atoms with Crippen LogP contribution in [0.3, 0.4) is 0 Å². The largest absolute Gasteiger partial charge is 0.333 e. The Labute approximate surface area is 230 Å². The molecule has 1 aliphatic rings. The van der Waals surface area contributed by atoms with E-state index in [9.17, 15) is 15.3 Å². The smallest absolute Gasteiger partial charge is 0.326 e. The number of benzene rings is 2. The Balaban J connectivity index is 1.39. The topological polar surface area (TPSA) is 97.7 Å². The number of nitrogens with zero attached hydrogens (tertiary/aromatic N) is 5. The van der Waals surface area contributed by atoms with Crippen molar-refractivity contribution in [1.82, 2.24) is 19.8 Å². The first-order valence-corrected chi connectivity index (χ1v) is 12.8. The summed E-state index contributed by atoms with van der Waals surface area (Å²) in [6, 6.07) is 18.3.